The zero-order valence-electron chi connectivity index (χ0n) is 12.0. The van der Waals surface area contributed by atoms with E-state index in [9.17, 15) is 0 Å². The molecule has 0 aliphatic heterocycles. The number of hydrogen-bond acceptors (Lipinski definition) is 2. The largest absolute Gasteiger partial charge is 0.377 e. The molecule has 2 aromatic rings. The average Bonchev–Trinajstić information content (AvgIpc) is 2.87. The van der Waals surface area contributed by atoms with Crippen LogP contribution in [0.5, 0.6) is 0 Å². The molecule has 1 aromatic carbocycles. The second kappa shape index (κ2) is 7.78. The van der Waals surface area contributed by atoms with E-state index in [1.807, 2.05) is 0 Å². The Morgan fingerprint density at radius 1 is 1.35 bits per heavy atom. The van der Waals surface area contributed by atoms with Gasteiger partial charge in [0.05, 0.1) is 18.6 Å². The van der Waals surface area contributed by atoms with Crippen LogP contribution in [0.15, 0.2) is 30.6 Å². The number of ether oxygens (including phenoxy) is 1. The Bertz CT molecular complexity index is 537. The van der Waals surface area contributed by atoms with Gasteiger partial charge in [0.25, 0.3) is 0 Å². The first-order valence-electron chi connectivity index (χ1n) is 7.01. The molecule has 1 N–H and O–H groups in total. The van der Waals surface area contributed by atoms with E-state index < -0.39 is 0 Å². The highest BCUT2D eigenvalue weighted by Gasteiger charge is 2.08. The summed E-state index contributed by atoms with van der Waals surface area (Å²) in [6.07, 6.45) is 3.81. The van der Waals surface area contributed by atoms with Gasteiger partial charge in [-0.15, -0.1) is 0 Å². The summed E-state index contributed by atoms with van der Waals surface area (Å²) in [5.41, 5.74) is 3.67. The van der Waals surface area contributed by atoms with E-state index in [2.05, 4.69) is 70.7 Å². The fourth-order valence-corrected chi connectivity index (χ4v) is 2.80. The molecule has 0 unspecified atom stereocenters. The lowest BCUT2D eigenvalue weighted by Gasteiger charge is -2.07. The van der Waals surface area contributed by atoms with Gasteiger partial charge in [-0.3, -0.25) is 0 Å². The molecule has 0 fully saturated rings. The molecule has 0 saturated heterocycles. The number of H-pyrrole nitrogens is 1. The number of nitrogens with zero attached hydrogens (tertiary/aromatic N) is 1. The minimum Gasteiger partial charge on any atom is -0.377 e. The molecule has 0 atom stereocenters. The fourth-order valence-electron chi connectivity index (χ4n) is 2.20. The molecular formula is C16H21IN2O. The third-order valence-corrected chi connectivity index (χ3v) is 3.84. The average molecular weight is 384 g/mol. The summed E-state index contributed by atoms with van der Waals surface area (Å²) in [5.74, 6) is 0.476. The van der Waals surface area contributed by atoms with Gasteiger partial charge in [-0.05, 0) is 59.0 Å². The van der Waals surface area contributed by atoms with Crippen LogP contribution in [0.2, 0.25) is 0 Å². The van der Waals surface area contributed by atoms with Crippen LogP contribution in [0.4, 0.5) is 0 Å². The van der Waals surface area contributed by atoms with Crippen molar-refractivity contribution in [3.8, 4) is 0 Å². The number of hydrogen-bond donors (Lipinski definition) is 1. The molecule has 0 spiro atoms. The van der Waals surface area contributed by atoms with Crippen molar-refractivity contribution in [2.45, 2.75) is 39.2 Å². The van der Waals surface area contributed by atoms with Crippen molar-refractivity contribution in [1.82, 2.24) is 9.97 Å². The van der Waals surface area contributed by atoms with Crippen LogP contribution in [0.25, 0.3) is 0 Å². The Kier molecular flexibility index (Phi) is 6.04. The highest BCUT2D eigenvalue weighted by atomic mass is 127. The molecule has 0 bridgehead atoms. The molecule has 2 rings (SSSR count). The van der Waals surface area contributed by atoms with Crippen LogP contribution in [0, 0.1) is 3.57 Å². The van der Waals surface area contributed by atoms with Gasteiger partial charge >= 0.3 is 0 Å². The normalized spacial score (nSPS) is 11.2. The fraction of sp³-hybridized carbons (Fsp3) is 0.438. The van der Waals surface area contributed by atoms with Gasteiger partial charge in [0.2, 0.25) is 0 Å². The van der Waals surface area contributed by atoms with Crippen molar-refractivity contribution in [3.05, 3.63) is 51.1 Å². The van der Waals surface area contributed by atoms with Gasteiger partial charge in [0, 0.05) is 15.9 Å². The summed E-state index contributed by atoms with van der Waals surface area (Å²) in [6.45, 7) is 5.82. The van der Waals surface area contributed by atoms with Crippen molar-refractivity contribution in [3.63, 3.8) is 0 Å². The van der Waals surface area contributed by atoms with Crippen LogP contribution >= 0.6 is 22.6 Å². The first kappa shape index (κ1) is 15.5. The number of benzene rings is 1. The molecule has 1 heterocycles. The maximum Gasteiger partial charge on any atom is 0.0925 e. The van der Waals surface area contributed by atoms with E-state index >= 15 is 0 Å². The van der Waals surface area contributed by atoms with Crippen LogP contribution < -0.4 is 0 Å². The van der Waals surface area contributed by atoms with Gasteiger partial charge < -0.3 is 9.72 Å². The lowest BCUT2D eigenvalue weighted by Crippen LogP contribution is -2.00. The number of nitrogens with one attached hydrogen (secondary N) is 1. The van der Waals surface area contributed by atoms with Gasteiger partial charge in [-0.2, -0.15) is 0 Å². The molecule has 4 heteroatoms. The number of aromatic nitrogens is 2. The summed E-state index contributed by atoms with van der Waals surface area (Å²) in [4.78, 5) is 7.61. The Morgan fingerprint density at radius 3 is 2.95 bits per heavy atom. The quantitative estimate of drug-likeness (QED) is 0.572. The van der Waals surface area contributed by atoms with E-state index in [1.54, 1.807) is 6.33 Å². The van der Waals surface area contributed by atoms with Crippen LogP contribution in [0.1, 0.15) is 43.1 Å². The maximum absolute atomic E-state index is 5.74. The maximum atomic E-state index is 5.74. The minimum absolute atomic E-state index is 0.476. The summed E-state index contributed by atoms with van der Waals surface area (Å²) >= 11 is 2.32. The predicted octanol–water partition coefficient (Wildman–Crippen LogP) is 4.29. The molecule has 108 valence electrons. The zero-order valence-corrected chi connectivity index (χ0v) is 14.2. The zero-order chi connectivity index (χ0) is 14.4. The van der Waals surface area contributed by atoms with Crippen molar-refractivity contribution < 1.29 is 4.74 Å². The Labute approximate surface area is 134 Å². The first-order chi connectivity index (χ1) is 9.66. The van der Waals surface area contributed by atoms with E-state index in [1.165, 1.54) is 20.5 Å². The summed E-state index contributed by atoms with van der Waals surface area (Å²) in [5, 5.41) is 0. The van der Waals surface area contributed by atoms with Gasteiger partial charge in [-0.25, -0.2) is 4.98 Å². The number of halogens is 1. The van der Waals surface area contributed by atoms with Crippen LogP contribution in [-0.2, 0) is 17.8 Å². The van der Waals surface area contributed by atoms with Crippen LogP contribution in [0.3, 0.4) is 0 Å². The Hall–Kier alpha value is -0.880. The van der Waals surface area contributed by atoms with Gasteiger partial charge in [0.15, 0.2) is 0 Å². The number of imidazole rings is 1. The summed E-state index contributed by atoms with van der Waals surface area (Å²) in [7, 11) is 0. The monoisotopic (exact) mass is 384 g/mol. The first-order valence-corrected chi connectivity index (χ1v) is 8.09. The van der Waals surface area contributed by atoms with E-state index in [0.29, 0.717) is 12.5 Å². The third kappa shape index (κ3) is 4.59. The standard InChI is InChI=1S/C16H21IN2O/c1-12(2)16-15(18-11-19-16)7-4-8-20-10-13-5-3-6-14(17)9-13/h3,5-6,9,11-12H,4,7-8,10H2,1-2H3,(H,18,19). The Morgan fingerprint density at radius 2 is 2.20 bits per heavy atom. The van der Waals surface area contributed by atoms with Crippen LogP contribution in [-0.4, -0.2) is 16.6 Å². The molecule has 0 saturated carbocycles. The minimum atomic E-state index is 0.476. The molecule has 3 nitrogen and oxygen atoms in total. The van der Waals surface area contributed by atoms with E-state index in [0.717, 1.165) is 19.4 Å². The topological polar surface area (TPSA) is 37.9 Å². The SMILES string of the molecule is CC(C)c1nc[nH]c1CCCOCc1cccc(I)c1. The summed E-state index contributed by atoms with van der Waals surface area (Å²) < 4.78 is 6.99. The molecule has 0 aliphatic rings. The second-order valence-electron chi connectivity index (χ2n) is 5.21. The highest BCUT2D eigenvalue weighted by molar-refractivity contribution is 14.1. The highest BCUT2D eigenvalue weighted by Crippen LogP contribution is 2.16. The van der Waals surface area contributed by atoms with E-state index in [4.69, 9.17) is 4.74 Å². The van der Waals surface area contributed by atoms with Gasteiger partial charge in [0.1, 0.15) is 0 Å². The number of rotatable bonds is 7. The van der Waals surface area contributed by atoms with Crippen molar-refractivity contribution in [1.29, 1.82) is 0 Å². The van der Waals surface area contributed by atoms with Crippen molar-refractivity contribution >= 4 is 22.6 Å². The molecular weight excluding hydrogens is 363 g/mol. The molecule has 1 aromatic heterocycles. The lowest BCUT2D eigenvalue weighted by atomic mass is 10.1. The van der Waals surface area contributed by atoms with Crippen molar-refractivity contribution in [2.24, 2.45) is 0 Å². The summed E-state index contributed by atoms with van der Waals surface area (Å²) in [6, 6.07) is 8.43. The smallest absolute Gasteiger partial charge is 0.0925 e. The van der Waals surface area contributed by atoms with Gasteiger partial charge in [-0.1, -0.05) is 26.0 Å². The number of aromatic amines is 1. The molecule has 0 aliphatic carbocycles. The molecule has 20 heavy (non-hydrogen) atoms. The number of aryl methyl sites for hydroxylation is 1. The van der Waals surface area contributed by atoms with Crippen molar-refractivity contribution in [2.75, 3.05) is 6.61 Å². The second-order valence-corrected chi connectivity index (χ2v) is 6.45. The molecule has 0 radical (unpaired) electrons. The third-order valence-electron chi connectivity index (χ3n) is 3.17. The van der Waals surface area contributed by atoms with E-state index in [-0.39, 0.29) is 0 Å². The lowest BCUT2D eigenvalue weighted by molar-refractivity contribution is 0.118. The Balaban J connectivity index is 1.70. The predicted molar refractivity (Wildman–Crippen MR) is 89.8 cm³/mol. The molecule has 0 amide bonds.